The van der Waals surface area contributed by atoms with Crippen molar-refractivity contribution >= 4 is 17.7 Å². The van der Waals surface area contributed by atoms with Crippen molar-refractivity contribution in [2.24, 2.45) is 0 Å². The van der Waals surface area contributed by atoms with E-state index in [1.54, 1.807) is 6.07 Å². The van der Waals surface area contributed by atoms with Crippen LogP contribution in [-0.2, 0) is 11.2 Å². The maximum Gasteiger partial charge on any atom is 0.328 e. The van der Waals surface area contributed by atoms with Crippen LogP contribution in [0.5, 0.6) is 5.75 Å². The van der Waals surface area contributed by atoms with Crippen LogP contribution in [0, 0.1) is 17.0 Å². The topological polar surface area (TPSA) is 116 Å². The number of rotatable bonds is 8. The summed E-state index contributed by atoms with van der Waals surface area (Å²) in [6, 6.07) is 13.8. The van der Waals surface area contributed by atoms with Crippen molar-refractivity contribution in [3.8, 4) is 17.2 Å². The molecule has 0 bridgehead atoms. The van der Waals surface area contributed by atoms with Gasteiger partial charge < -0.3 is 14.3 Å². The maximum absolute atomic E-state index is 11.2. The minimum atomic E-state index is -1.18. The van der Waals surface area contributed by atoms with E-state index in [1.165, 1.54) is 18.2 Å². The molecule has 0 saturated carbocycles. The van der Waals surface area contributed by atoms with Crippen LogP contribution in [0.3, 0.4) is 0 Å². The minimum absolute atomic E-state index is 0.185. The number of carboxylic acid groups (broad SMARTS) is 1. The number of aliphatic carboxylic acids is 1. The molecule has 0 amide bonds. The average molecular weight is 394 g/mol. The Morgan fingerprint density at radius 2 is 2.03 bits per heavy atom. The Morgan fingerprint density at radius 3 is 2.72 bits per heavy atom. The number of carbonyl (C=O) groups is 1. The van der Waals surface area contributed by atoms with Crippen molar-refractivity contribution in [2.45, 2.75) is 13.3 Å². The first kappa shape index (κ1) is 19.8. The Bertz CT molecular complexity index is 1060. The predicted octanol–water partition coefficient (Wildman–Crippen LogP) is 4.28. The lowest BCUT2D eigenvalue weighted by Crippen LogP contribution is -2.03. The largest absolute Gasteiger partial charge is 0.493 e. The van der Waals surface area contributed by atoms with Gasteiger partial charge in [-0.2, -0.15) is 0 Å². The molecule has 1 aromatic heterocycles. The van der Waals surface area contributed by atoms with E-state index in [2.05, 4.69) is 4.98 Å². The molecule has 3 rings (SSSR count). The van der Waals surface area contributed by atoms with Gasteiger partial charge in [0.05, 0.1) is 28.9 Å². The number of hydrogen-bond acceptors (Lipinski definition) is 6. The molecule has 0 spiro atoms. The number of carboxylic acids is 1. The van der Waals surface area contributed by atoms with Crippen LogP contribution in [0.2, 0.25) is 0 Å². The van der Waals surface area contributed by atoms with Crippen LogP contribution >= 0.6 is 0 Å². The molecule has 1 N–H and O–H groups in total. The second-order valence-electron chi connectivity index (χ2n) is 6.14. The number of nitro groups is 1. The van der Waals surface area contributed by atoms with E-state index < -0.39 is 10.9 Å². The van der Waals surface area contributed by atoms with E-state index in [4.69, 9.17) is 14.3 Å². The summed E-state index contributed by atoms with van der Waals surface area (Å²) in [6.45, 7) is 2.08. The van der Waals surface area contributed by atoms with Gasteiger partial charge in [-0.15, -0.1) is 0 Å². The lowest BCUT2D eigenvalue weighted by Gasteiger charge is -2.06. The molecule has 8 nitrogen and oxygen atoms in total. The van der Waals surface area contributed by atoms with Gasteiger partial charge in [-0.1, -0.05) is 18.2 Å². The van der Waals surface area contributed by atoms with Crippen LogP contribution in [0.1, 0.15) is 17.0 Å². The third kappa shape index (κ3) is 5.07. The summed E-state index contributed by atoms with van der Waals surface area (Å²) >= 11 is 0. The first-order valence-corrected chi connectivity index (χ1v) is 8.78. The highest BCUT2D eigenvalue weighted by atomic mass is 16.6. The van der Waals surface area contributed by atoms with Gasteiger partial charge in [-0.25, -0.2) is 9.78 Å². The van der Waals surface area contributed by atoms with E-state index in [9.17, 15) is 14.9 Å². The van der Waals surface area contributed by atoms with E-state index in [0.717, 1.165) is 17.3 Å². The van der Waals surface area contributed by atoms with Gasteiger partial charge in [-0.05, 0) is 37.3 Å². The summed E-state index contributed by atoms with van der Waals surface area (Å²) in [4.78, 5) is 25.8. The highest BCUT2D eigenvalue weighted by Gasteiger charge is 2.15. The zero-order valence-electron chi connectivity index (χ0n) is 15.6. The van der Waals surface area contributed by atoms with Crippen LogP contribution in [-0.4, -0.2) is 27.6 Å². The third-order valence-electron chi connectivity index (χ3n) is 4.13. The van der Waals surface area contributed by atoms with Gasteiger partial charge >= 0.3 is 5.97 Å². The molecule has 29 heavy (non-hydrogen) atoms. The van der Waals surface area contributed by atoms with Crippen molar-refractivity contribution in [1.82, 2.24) is 4.98 Å². The molecule has 0 radical (unpaired) electrons. The first-order valence-electron chi connectivity index (χ1n) is 8.78. The Hall–Kier alpha value is -3.94. The number of nitro benzene ring substituents is 1. The molecule has 0 atom stereocenters. The van der Waals surface area contributed by atoms with Gasteiger partial charge in [-0.3, -0.25) is 10.1 Å². The predicted molar refractivity (Wildman–Crippen MR) is 106 cm³/mol. The monoisotopic (exact) mass is 394 g/mol. The first-order chi connectivity index (χ1) is 13.9. The molecule has 0 fully saturated rings. The average Bonchev–Trinajstić information content (AvgIpc) is 3.08. The number of hydrogen-bond donors (Lipinski definition) is 1. The zero-order chi connectivity index (χ0) is 20.8. The molecule has 148 valence electrons. The zero-order valence-corrected chi connectivity index (χ0v) is 15.6. The molecule has 8 heteroatoms. The lowest BCUT2D eigenvalue weighted by atomic mass is 10.1. The standard InChI is InChI=1S/C21H18N2O6/c1-14-18(22-21(29-14)16-5-3-2-4-6-16)11-12-28-17-9-7-15(8-10-20(24)25)19(13-17)23(26)27/h2-10,13H,11-12H2,1H3,(H,24,25)/b10-8+. The van der Waals surface area contributed by atoms with Crippen molar-refractivity contribution in [3.63, 3.8) is 0 Å². The molecule has 1 heterocycles. The summed E-state index contributed by atoms with van der Waals surface area (Å²) in [6.07, 6.45) is 2.49. The van der Waals surface area contributed by atoms with Gasteiger partial charge in [0, 0.05) is 18.1 Å². The second-order valence-corrected chi connectivity index (χ2v) is 6.14. The molecule has 0 saturated heterocycles. The second kappa shape index (κ2) is 8.83. The van der Waals surface area contributed by atoms with E-state index >= 15 is 0 Å². The Balaban J connectivity index is 1.68. The Labute approximate surface area is 166 Å². The van der Waals surface area contributed by atoms with E-state index in [1.807, 2.05) is 37.3 Å². The van der Waals surface area contributed by atoms with Crippen LogP contribution < -0.4 is 4.74 Å². The van der Waals surface area contributed by atoms with Gasteiger partial charge in [0.15, 0.2) is 0 Å². The molecule has 0 aliphatic heterocycles. The molecular formula is C21H18N2O6. The molecule has 3 aromatic rings. The van der Waals surface area contributed by atoms with Crippen molar-refractivity contribution < 1.29 is 24.0 Å². The summed E-state index contributed by atoms with van der Waals surface area (Å²) in [5.74, 6) is 0.349. The summed E-state index contributed by atoms with van der Waals surface area (Å²) in [7, 11) is 0. The number of benzene rings is 2. The van der Waals surface area contributed by atoms with Crippen molar-refractivity contribution in [3.05, 3.63) is 81.7 Å². The lowest BCUT2D eigenvalue weighted by molar-refractivity contribution is -0.385. The fourth-order valence-corrected chi connectivity index (χ4v) is 2.70. The fourth-order valence-electron chi connectivity index (χ4n) is 2.70. The number of oxazole rings is 1. The van der Waals surface area contributed by atoms with E-state index in [-0.39, 0.29) is 17.9 Å². The summed E-state index contributed by atoms with van der Waals surface area (Å²) in [5, 5.41) is 19.9. The van der Waals surface area contributed by atoms with Crippen LogP contribution in [0.4, 0.5) is 5.69 Å². The number of aromatic nitrogens is 1. The van der Waals surface area contributed by atoms with Gasteiger partial charge in [0.2, 0.25) is 5.89 Å². The molecular weight excluding hydrogens is 376 g/mol. The quantitative estimate of drug-likeness (QED) is 0.344. The van der Waals surface area contributed by atoms with Gasteiger partial charge in [0.1, 0.15) is 11.5 Å². The highest BCUT2D eigenvalue weighted by Crippen LogP contribution is 2.26. The highest BCUT2D eigenvalue weighted by molar-refractivity contribution is 5.86. The minimum Gasteiger partial charge on any atom is -0.493 e. The smallest absolute Gasteiger partial charge is 0.328 e. The van der Waals surface area contributed by atoms with Crippen molar-refractivity contribution in [2.75, 3.05) is 6.61 Å². The summed E-state index contributed by atoms with van der Waals surface area (Å²) in [5.41, 5.74) is 1.58. The Morgan fingerprint density at radius 1 is 1.28 bits per heavy atom. The van der Waals surface area contributed by atoms with Crippen molar-refractivity contribution in [1.29, 1.82) is 0 Å². The molecule has 0 aliphatic rings. The Kier molecular flexibility index (Phi) is 6.03. The van der Waals surface area contributed by atoms with Crippen LogP contribution in [0.25, 0.3) is 17.5 Å². The SMILES string of the molecule is Cc1oc(-c2ccccc2)nc1CCOc1ccc(/C=C/C(=O)O)c([N+](=O)[O-])c1. The molecule has 0 aliphatic carbocycles. The maximum atomic E-state index is 11.2. The number of nitrogens with zero attached hydrogens (tertiary/aromatic N) is 2. The van der Waals surface area contributed by atoms with Crippen LogP contribution in [0.15, 0.2) is 59.0 Å². The van der Waals surface area contributed by atoms with Gasteiger partial charge in [0.25, 0.3) is 5.69 Å². The normalized spacial score (nSPS) is 10.9. The molecule has 0 unspecified atom stereocenters. The fraction of sp³-hybridized carbons (Fsp3) is 0.143. The summed E-state index contributed by atoms with van der Waals surface area (Å²) < 4.78 is 11.3. The number of ether oxygens (including phenoxy) is 1. The third-order valence-corrected chi connectivity index (χ3v) is 4.13. The van der Waals surface area contributed by atoms with E-state index in [0.29, 0.717) is 23.8 Å². The molecule has 2 aromatic carbocycles. The number of aryl methyl sites for hydroxylation is 1.